The zero-order chi connectivity index (χ0) is 26.2. The summed E-state index contributed by atoms with van der Waals surface area (Å²) in [6.45, 7) is 0.295. The molecule has 0 saturated heterocycles. The van der Waals surface area contributed by atoms with E-state index in [2.05, 4.69) is 10.6 Å². The number of hydrogen-bond donors (Lipinski definition) is 4. The normalized spacial score (nSPS) is 13.3. The number of rotatable bonds is 9. The van der Waals surface area contributed by atoms with Crippen LogP contribution in [0.1, 0.15) is 45.5 Å². The molecule has 1 aliphatic rings. The van der Waals surface area contributed by atoms with Crippen molar-refractivity contribution in [2.24, 2.45) is 0 Å². The van der Waals surface area contributed by atoms with Gasteiger partial charge in [0.15, 0.2) is 0 Å². The first-order valence-electron chi connectivity index (χ1n) is 11.8. The summed E-state index contributed by atoms with van der Waals surface area (Å²) in [7, 11) is 0. The van der Waals surface area contributed by atoms with Gasteiger partial charge in [-0.3, -0.25) is 19.6 Å². The fourth-order valence-corrected chi connectivity index (χ4v) is 3.75. The van der Waals surface area contributed by atoms with Gasteiger partial charge < -0.3 is 10.6 Å². The molecule has 1 saturated carbocycles. The molecule has 0 unspecified atom stereocenters. The van der Waals surface area contributed by atoms with Crippen LogP contribution in [-0.4, -0.2) is 29.0 Å². The van der Waals surface area contributed by atoms with Gasteiger partial charge in [0, 0.05) is 34.8 Å². The Kier molecular flexibility index (Phi) is 8.51. The molecule has 37 heavy (non-hydrogen) atoms. The predicted molar refractivity (Wildman–Crippen MR) is 144 cm³/mol. The van der Waals surface area contributed by atoms with Crippen LogP contribution in [0.5, 0.6) is 0 Å². The first-order valence-corrected chi connectivity index (χ1v) is 12.2. The molecule has 8 heteroatoms. The van der Waals surface area contributed by atoms with Crippen molar-refractivity contribution in [2.45, 2.75) is 25.4 Å². The summed E-state index contributed by atoms with van der Waals surface area (Å²) in [5.41, 5.74) is 5.68. The SMILES string of the molecule is O=C(C=Cc1ccc(/C=C(/C(=O)NC2CC2)c2cccc(Cl)c2)cc1)NCc1ccc(C(=O)NO)cc1. The Morgan fingerprint density at radius 1 is 0.919 bits per heavy atom. The average molecular weight is 516 g/mol. The van der Waals surface area contributed by atoms with Gasteiger partial charge in [-0.05, 0) is 71.5 Å². The number of nitrogens with one attached hydrogen (secondary N) is 3. The summed E-state index contributed by atoms with van der Waals surface area (Å²) in [4.78, 5) is 36.5. The van der Waals surface area contributed by atoms with Gasteiger partial charge in [-0.15, -0.1) is 0 Å². The highest BCUT2D eigenvalue weighted by atomic mass is 35.5. The van der Waals surface area contributed by atoms with Crippen molar-refractivity contribution in [1.29, 1.82) is 0 Å². The predicted octanol–water partition coefficient (Wildman–Crippen LogP) is 4.61. The number of amides is 3. The van der Waals surface area contributed by atoms with Gasteiger partial charge in [0.05, 0.1) is 0 Å². The van der Waals surface area contributed by atoms with E-state index in [1.54, 1.807) is 48.0 Å². The average Bonchev–Trinajstić information content (AvgIpc) is 3.73. The van der Waals surface area contributed by atoms with Gasteiger partial charge in [0.1, 0.15) is 0 Å². The van der Waals surface area contributed by atoms with Crippen molar-refractivity contribution in [3.05, 3.63) is 112 Å². The number of hydrogen-bond acceptors (Lipinski definition) is 4. The molecule has 188 valence electrons. The molecule has 0 radical (unpaired) electrons. The summed E-state index contributed by atoms with van der Waals surface area (Å²) in [6, 6.07) is 21.5. The first kappa shape index (κ1) is 25.9. The van der Waals surface area contributed by atoms with E-state index in [1.807, 2.05) is 42.5 Å². The lowest BCUT2D eigenvalue weighted by molar-refractivity contribution is -0.117. The van der Waals surface area contributed by atoms with Crippen molar-refractivity contribution >= 4 is 47.0 Å². The number of carbonyl (C=O) groups is 3. The smallest absolute Gasteiger partial charge is 0.274 e. The first-order chi connectivity index (χ1) is 17.9. The Bertz CT molecular complexity index is 1340. The van der Waals surface area contributed by atoms with Gasteiger partial charge in [-0.25, -0.2) is 5.48 Å². The summed E-state index contributed by atoms with van der Waals surface area (Å²) < 4.78 is 0. The zero-order valence-electron chi connectivity index (χ0n) is 19.9. The third kappa shape index (κ3) is 7.64. The molecule has 0 atom stereocenters. The molecule has 3 aromatic rings. The molecular formula is C29H26ClN3O4. The molecule has 4 rings (SSSR count). The van der Waals surface area contributed by atoms with Gasteiger partial charge in [0.2, 0.25) is 5.91 Å². The molecule has 0 heterocycles. The minimum absolute atomic E-state index is 0.128. The molecule has 1 aliphatic carbocycles. The summed E-state index contributed by atoms with van der Waals surface area (Å²) in [5, 5.41) is 15.0. The van der Waals surface area contributed by atoms with Crippen molar-refractivity contribution < 1.29 is 19.6 Å². The van der Waals surface area contributed by atoms with Crippen LogP contribution in [0.2, 0.25) is 5.02 Å². The molecule has 3 aromatic carbocycles. The van der Waals surface area contributed by atoms with E-state index in [-0.39, 0.29) is 17.9 Å². The molecule has 1 fully saturated rings. The van der Waals surface area contributed by atoms with Crippen molar-refractivity contribution in [1.82, 2.24) is 16.1 Å². The number of halogens is 1. The lowest BCUT2D eigenvalue weighted by Gasteiger charge is -2.10. The second-order valence-electron chi connectivity index (χ2n) is 8.67. The van der Waals surface area contributed by atoms with Crippen molar-refractivity contribution in [3.63, 3.8) is 0 Å². The maximum Gasteiger partial charge on any atom is 0.274 e. The second-order valence-corrected chi connectivity index (χ2v) is 9.11. The summed E-state index contributed by atoms with van der Waals surface area (Å²) >= 11 is 6.15. The highest BCUT2D eigenvalue weighted by Gasteiger charge is 2.25. The summed E-state index contributed by atoms with van der Waals surface area (Å²) in [6.07, 6.45) is 6.98. The minimum atomic E-state index is -0.595. The van der Waals surface area contributed by atoms with Gasteiger partial charge in [-0.2, -0.15) is 0 Å². The van der Waals surface area contributed by atoms with E-state index in [4.69, 9.17) is 16.8 Å². The van der Waals surface area contributed by atoms with Gasteiger partial charge >= 0.3 is 0 Å². The molecule has 0 aliphatic heterocycles. The van der Waals surface area contributed by atoms with Gasteiger partial charge in [0.25, 0.3) is 11.8 Å². The maximum atomic E-state index is 12.9. The fourth-order valence-electron chi connectivity index (χ4n) is 3.56. The fraction of sp³-hybridized carbons (Fsp3) is 0.138. The van der Waals surface area contributed by atoms with Crippen molar-refractivity contribution in [3.8, 4) is 0 Å². The standard InChI is InChI=1S/C29H26ClN3O4/c30-24-3-1-2-23(17-24)26(29(36)32-25-13-14-25)16-20-6-4-19(5-7-20)10-15-27(34)31-18-21-8-11-22(12-9-21)28(35)33-37/h1-12,15-17,25,37H,13-14,18H2,(H,31,34)(H,32,36)(H,33,35)/b15-10?,26-16+. The second kappa shape index (κ2) is 12.2. The molecular weight excluding hydrogens is 490 g/mol. The molecule has 3 amide bonds. The van der Waals surface area contributed by atoms with E-state index < -0.39 is 5.91 Å². The van der Waals surface area contributed by atoms with E-state index in [9.17, 15) is 14.4 Å². The minimum Gasteiger partial charge on any atom is -0.349 e. The quantitative estimate of drug-likeness (QED) is 0.144. The Labute approximate surface area is 219 Å². The van der Waals surface area contributed by atoms with Crippen molar-refractivity contribution in [2.75, 3.05) is 0 Å². The van der Waals surface area contributed by atoms with Crippen LogP contribution in [0.25, 0.3) is 17.7 Å². The Morgan fingerprint density at radius 3 is 2.27 bits per heavy atom. The zero-order valence-corrected chi connectivity index (χ0v) is 20.7. The van der Waals surface area contributed by atoms with Gasteiger partial charge in [-0.1, -0.05) is 60.1 Å². The number of carbonyl (C=O) groups excluding carboxylic acids is 3. The van der Waals surface area contributed by atoms with Crippen LogP contribution in [0, 0.1) is 0 Å². The Hall–Kier alpha value is -4.20. The molecule has 4 N–H and O–H groups in total. The van der Waals surface area contributed by atoms with Crippen LogP contribution in [-0.2, 0) is 16.1 Å². The lowest BCUT2D eigenvalue weighted by atomic mass is 10.0. The number of benzene rings is 3. The number of hydroxylamine groups is 1. The Morgan fingerprint density at radius 2 is 1.62 bits per heavy atom. The van der Waals surface area contributed by atoms with Crippen LogP contribution in [0.15, 0.2) is 78.9 Å². The summed E-state index contributed by atoms with van der Waals surface area (Å²) in [5.74, 6) is -0.986. The lowest BCUT2D eigenvalue weighted by Crippen LogP contribution is -2.26. The molecule has 0 bridgehead atoms. The highest BCUT2D eigenvalue weighted by molar-refractivity contribution is 6.31. The monoisotopic (exact) mass is 515 g/mol. The van der Waals surface area contributed by atoms with Crippen LogP contribution in [0.4, 0.5) is 0 Å². The van der Waals surface area contributed by atoms with E-state index in [0.29, 0.717) is 22.7 Å². The molecule has 0 spiro atoms. The van der Waals surface area contributed by atoms with Crippen LogP contribution in [0.3, 0.4) is 0 Å². The molecule has 7 nitrogen and oxygen atoms in total. The Balaban J connectivity index is 1.38. The third-order valence-corrected chi connectivity index (χ3v) is 5.99. The van der Waals surface area contributed by atoms with Crippen LogP contribution >= 0.6 is 11.6 Å². The third-order valence-electron chi connectivity index (χ3n) is 5.75. The highest BCUT2D eigenvalue weighted by Crippen LogP contribution is 2.25. The van der Waals surface area contributed by atoms with E-state index in [1.165, 1.54) is 6.08 Å². The maximum absolute atomic E-state index is 12.9. The van der Waals surface area contributed by atoms with E-state index in [0.717, 1.165) is 35.1 Å². The van der Waals surface area contributed by atoms with E-state index >= 15 is 0 Å². The largest absolute Gasteiger partial charge is 0.349 e. The molecule has 0 aromatic heterocycles. The van der Waals surface area contributed by atoms with Crippen LogP contribution < -0.4 is 16.1 Å². The topological polar surface area (TPSA) is 108 Å².